The van der Waals surface area contributed by atoms with Gasteiger partial charge in [0.1, 0.15) is 6.04 Å². The molecule has 0 aromatic heterocycles. The van der Waals surface area contributed by atoms with Gasteiger partial charge in [0.05, 0.1) is 13.2 Å². The van der Waals surface area contributed by atoms with Gasteiger partial charge in [0.15, 0.2) is 28.9 Å². The zero-order valence-electron chi connectivity index (χ0n) is 21.5. The summed E-state index contributed by atoms with van der Waals surface area (Å²) in [7, 11) is 0. The number of nitrogens with zero attached hydrogens (tertiary/aromatic N) is 3. The van der Waals surface area contributed by atoms with Gasteiger partial charge in [-0.15, -0.1) is 0 Å². The molecule has 0 radical (unpaired) electrons. The van der Waals surface area contributed by atoms with Crippen LogP contribution >= 0.6 is 0 Å². The quantitative estimate of drug-likeness (QED) is 0.414. The summed E-state index contributed by atoms with van der Waals surface area (Å²) < 4.78 is 21.6. The number of phenols is 1. The summed E-state index contributed by atoms with van der Waals surface area (Å²) in [4.78, 5) is 35.1. The van der Waals surface area contributed by atoms with Crippen molar-refractivity contribution in [2.24, 2.45) is 10.9 Å². The van der Waals surface area contributed by atoms with Crippen molar-refractivity contribution in [3.8, 4) is 23.0 Å². The molecule has 0 unspecified atom stereocenters. The molecule has 0 saturated carbocycles. The molecule has 1 amide bonds. The van der Waals surface area contributed by atoms with E-state index in [1.165, 1.54) is 6.07 Å². The molecule has 11 nitrogen and oxygen atoms in total. The van der Waals surface area contributed by atoms with Crippen LogP contribution < -0.4 is 19.5 Å². The predicted octanol–water partition coefficient (Wildman–Crippen LogP) is 2.04. The van der Waals surface area contributed by atoms with Gasteiger partial charge < -0.3 is 29.0 Å². The van der Waals surface area contributed by atoms with Crippen LogP contribution in [0.3, 0.4) is 0 Å². The number of aliphatic imine (C=N–C) groups is 1. The van der Waals surface area contributed by atoms with E-state index in [1.54, 1.807) is 19.1 Å². The Morgan fingerprint density at radius 3 is 2.63 bits per heavy atom. The summed E-state index contributed by atoms with van der Waals surface area (Å²) in [5.74, 6) is -0.0468. The summed E-state index contributed by atoms with van der Waals surface area (Å²) in [6.45, 7) is 7.87. The lowest BCUT2D eigenvalue weighted by Gasteiger charge is -2.39. The molecule has 3 aliphatic rings. The fraction of sp³-hybridized carbons (Fsp3) is 0.444. The Balaban J connectivity index is 1.32. The Morgan fingerprint density at radius 2 is 1.87 bits per heavy atom. The second-order valence-corrected chi connectivity index (χ2v) is 9.23. The summed E-state index contributed by atoms with van der Waals surface area (Å²) in [6.07, 6.45) is 0. The number of rotatable bonds is 7. The third-order valence-electron chi connectivity index (χ3n) is 6.78. The van der Waals surface area contributed by atoms with E-state index in [2.05, 4.69) is 10.2 Å². The molecule has 1 saturated heterocycles. The van der Waals surface area contributed by atoms with Crippen LogP contribution in [0.25, 0.3) is 0 Å². The molecular weight excluding hydrogens is 492 g/mol. The maximum atomic E-state index is 13.2. The van der Waals surface area contributed by atoms with Crippen molar-refractivity contribution in [3.63, 3.8) is 0 Å². The average Bonchev–Trinajstić information content (AvgIpc) is 3.38. The molecule has 3 aliphatic heterocycles. The highest BCUT2D eigenvalue weighted by Crippen LogP contribution is 2.36. The minimum Gasteiger partial charge on any atom is -0.504 e. The maximum absolute atomic E-state index is 13.2. The van der Waals surface area contributed by atoms with Crippen LogP contribution in [0.5, 0.6) is 23.0 Å². The van der Waals surface area contributed by atoms with Crippen molar-refractivity contribution in [1.29, 1.82) is 0 Å². The molecule has 2 N–H and O–H groups in total. The number of hydrogen-bond acceptors (Lipinski definition) is 10. The fourth-order valence-electron chi connectivity index (χ4n) is 4.87. The topological polar surface area (TPSA) is 122 Å². The van der Waals surface area contributed by atoms with Crippen molar-refractivity contribution in [2.45, 2.75) is 26.4 Å². The zero-order valence-corrected chi connectivity index (χ0v) is 21.5. The first-order valence-electron chi connectivity index (χ1n) is 12.8. The number of hydrogen-bond donors (Lipinski definition) is 2. The van der Waals surface area contributed by atoms with Crippen LogP contribution in [0.1, 0.15) is 31.0 Å². The number of aromatic hydroxyl groups is 1. The first-order chi connectivity index (χ1) is 18.5. The lowest BCUT2D eigenvalue weighted by Crippen LogP contribution is -2.57. The van der Waals surface area contributed by atoms with Crippen LogP contribution in [0.15, 0.2) is 41.4 Å². The minimum absolute atomic E-state index is 0.0219. The van der Waals surface area contributed by atoms with E-state index in [1.807, 2.05) is 30.0 Å². The summed E-state index contributed by atoms with van der Waals surface area (Å²) in [6, 6.07) is 9.92. The van der Waals surface area contributed by atoms with Gasteiger partial charge in [0, 0.05) is 32.7 Å². The van der Waals surface area contributed by atoms with Crippen LogP contribution in [0.4, 0.5) is 0 Å². The van der Waals surface area contributed by atoms with E-state index < -0.39 is 23.8 Å². The largest absolute Gasteiger partial charge is 0.504 e. The number of esters is 1. The summed E-state index contributed by atoms with van der Waals surface area (Å²) >= 11 is 0. The van der Waals surface area contributed by atoms with Crippen LogP contribution in [-0.4, -0.2) is 78.9 Å². The van der Waals surface area contributed by atoms with Gasteiger partial charge in [0.25, 0.3) is 0 Å². The fourth-order valence-corrected chi connectivity index (χ4v) is 4.87. The average molecular weight is 525 g/mol. The van der Waals surface area contributed by atoms with E-state index in [9.17, 15) is 14.7 Å². The first-order valence-corrected chi connectivity index (χ1v) is 12.8. The number of guanidine groups is 1. The standard InChI is InChI=1S/C27H32N4O7/c1-3-35-21-14-18(6-7-19(21)32)24-23(26(34)36-4-2)25(33)29-27(28-24)31-11-9-30(10-12-31)15-17-5-8-20-22(13-17)38-16-37-20/h5-8,13-14,23-24,32H,3-4,9-12,15-16H2,1-2H3,(H,28,29,33)/t23-,24+/m0/s1. The van der Waals surface area contributed by atoms with E-state index in [4.69, 9.17) is 23.9 Å². The van der Waals surface area contributed by atoms with Gasteiger partial charge in [-0.25, -0.2) is 4.99 Å². The van der Waals surface area contributed by atoms with Crippen molar-refractivity contribution in [3.05, 3.63) is 47.5 Å². The van der Waals surface area contributed by atoms with Gasteiger partial charge in [-0.1, -0.05) is 12.1 Å². The molecule has 0 spiro atoms. The predicted molar refractivity (Wildman–Crippen MR) is 137 cm³/mol. The lowest BCUT2D eigenvalue weighted by molar-refractivity contribution is -0.153. The van der Waals surface area contributed by atoms with Crippen molar-refractivity contribution < 1.29 is 33.6 Å². The number of nitrogens with one attached hydrogen (secondary N) is 1. The summed E-state index contributed by atoms with van der Waals surface area (Å²) in [5, 5.41) is 13.0. The first kappa shape index (κ1) is 25.7. The number of amides is 1. The van der Waals surface area contributed by atoms with Gasteiger partial charge in [0.2, 0.25) is 18.7 Å². The van der Waals surface area contributed by atoms with Crippen LogP contribution in [0.2, 0.25) is 0 Å². The molecule has 5 rings (SSSR count). The van der Waals surface area contributed by atoms with Gasteiger partial charge in [-0.3, -0.25) is 19.8 Å². The number of piperazine rings is 1. The number of benzene rings is 2. The number of carbonyl (C=O) groups excluding carboxylic acids is 2. The molecule has 11 heteroatoms. The minimum atomic E-state index is -1.15. The third kappa shape index (κ3) is 5.33. The van der Waals surface area contributed by atoms with E-state index in [0.29, 0.717) is 31.2 Å². The van der Waals surface area contributed by atoms with Crippen LogP contribution in [0, 0.1) is 5.92 Å². The second-order valence-electron chi connectivity index (χ2n) is 9.23. The Hall–Kier alpha value is -3.99. The highest BCUT2D eigenvalue weighted by molar-refractivity contribution is 6.08. The van der Waals surface area contributed by atoms with Gasteiger partial charge >= 0.3 is 5.97 Å². The highest BCUT2D eigenvalue weighted by Gasteiger charge is 2.42. The molecule has 1 fully saturated rings. The number of fused-ring (bicyclic) bond motifs is 1. The van der Waals surface area contributed by atoms with Gasteiger partial charge in [-0.2, -0.15) is 0 Å². The third-order valence-corrected chi connectivity index (χ3v) is 6.78. The van der Waals surface area contributed by atoms with Crippen molar-refractivity contribution in [1.82, 2.24) is 15.1 Å². The molecule has 202 valence electrons. The molecule has 2 aromatic carbocycles. The number of ether oxygens (including phenoxy) is 4. The van der Waals surface area contributed by atoms with E-state index in [-0.39, 0.29) is 24.9 Å². The highest BCUT2D eigenvalue weighted by atomic mass is 16.7. The molecule has 2 atom stereocenters. The Bertz CT molecular complexity index is 1230. The Morgan fingerprint density at radius 1 is 1.08 bits per heavy atom. The zero-order chi connectivity index (χ0) is 26.6. The van der Waals surface area contributed by atoms with E-state index >= 15 is 0 Å². The lowest BCUT2D eigenvalue weighted by atomic mass is 9.91. The second kappa shape index (κ2) is 11.2. The van der Waals surface area contributed by atoms with E-state index in [0.717, 1.165) is 36.7 Å². The molecule has 2 aromatic rings. The smallest absolute Gasteiger partial charge is 0.321 e. The number of phenolic OH excluding ortho intramolecular Hbond substituents is 1. The monoisotopic (exact) mass is 524 g/mol. The molecule has 0 bridgehead atoms. The van der Waals surface area contributed by atoms with Crippen molar-refractivity contribution in [2.75, 3.05) is 46.2 Å². The SMILES string of the molecule is CCOC(=O)[C@@H]1C(=O)NC(N2CCN(Cc3ccc4c(c3)OCO4)CC2)=N[C@@H]1c1ccc(O)c(OCC)c1. The maximum Gasteiger partial charge on any atom is 0.321 e. The number of carbonyl (C=O) groups is 2. The summed E-state index contributed by atoms with van der Waals surface area (Å²) in [5.41, 5.74) is 1.72. The molecule has 3 heterocycles. The van der Waals surface area contributed by atoms with Crippen LogP contribution in [-0.2, 0) is 20.9 Å². The van der Waals surface area contributed by atoms with Gasteiger partial charge in [-0.05, 0) is 49.2 Å². The molecule has 0 aliphatic carbocycles. The van der Waals surface area contributed by atoms with Crippen molar-refractivity contribution >= 4 is 17.8 Å². The molecular formula is C27H32N4O7. The molecule has 38 heavy (non-hydrogen) atoms. The normalized spacial score (nSPS) is 21.1. The Labute approximate surface area is 220 Å². The Kier molecular flexibility index (Phi) is 7.54.